The maximum absolute atomic E-state index is 10.9. The SMILES string of the molecule is CC#Cc1c[nH]c(=O)[nH]c1=O.O=c1cc[nH]c(=O)[nH]1. The van der Waals surface area contributed by atoms with Crippen LogP contribution >= 0.6 is 0 Å². The third kappa shape index (κ3) is 4.74. The molecule has 0 saturated carbocycles. The maximum Gasteiger partial charge on any atom is 0.325 e. The molecule has 19 heavy (non-hydrogen) atoms. The molecule has 0 aromatic carbocycles. The van der Waals surface area contributed by atoms with Gasteiger partial charge in [-0.3, -0.25) is 19.6 Å². The molecule has 98 valence electrons. The van der Waals surface area contributed by atoms with Crippen molar-refractivity contribution in [3.63, 3.8) is 0 Å². The van der Waals surface area contributed by atoms with Gasteiger partial charge >= 0.3 is 11.4 Å². The van der Waals surface area contributed by atoms with Gasteiger partial charge in [0.15, 0.2) is 0 Å². The molecular formula is C11H10N4O4. The molecule has 2 heterocycles. The Morgan fingerprint density at radius 3 is 2.16 bits per heavy atom. The normalized spacial score (nSPS) is 8.68. The second-order valence-electron chi connectivity index (χ2n) is 3.16. The van der Waals surface area contributed by atoms with Crippen LogP contribution in [-0.4, -0.2) is 19.9 Å². The van der Waals surface area contributed by atoms with Crippen LogP contribution in [0.25, 0.3) is 0 Å². The van der Waals surface area contributed by atoms with Crippen molar-refractivity contribution in [3.8, 4) is 11.8 Å². The minimum atomic E-state index is -0.517. The molecule has 0 unspecified atom stereocenters. The second kappa shape index (κ2) is 6.61. The van der Waals surface area contributed by atoms with Crippen LogP contribution in [0.1, 0.15) is 12.5 Å². The summed E-state index contributed by atoms with van der Waals surface area (Å²) in [6, 6.07) is 1.24. The largest absolute Gasteiger partial charge is 0.325 e. The van der Waals surface area contributed by atoms with Crippen LogP contribution in [0.3, 0.4) is 0 Å². The van der Waals surface area contributed by atoms with Gasteiger partial charge in [-0.1, -0.05) is 5.92 Å². The molecule has 0 saturated heterocycles. The summed E-state index contributed by atoms with van der Waals surface area (Å²) in [7, 11) is 0. The molecule has 2 aromatic heterocycles. The summed E-state index contributed by atoms with van der Waals surface area (Å²) >= 11 is 0. The maximum atomic E-state index is 10.9. The zero-order valence-corrected chi connectivity index (χ0v) is 9.87. The lowest BCUT2D eigenvalue weighted by Gasteiger charge is -1.84. The number of hydrogen-bond donors (Lipinski definition) is 4. The number of H-pyrrole nitrogens is 4. The van der Waals surface area contributed by atoms with Crippen LogP contribution < -0.4 is 22.5 Å². The monoisotopic (exact) mass is 262 g/mol. The Hall–Kier alpha value is -3.08. The Morgan fingerprint density at radius 1 is 1.00 bits per heavy atom. The van der Waals surface area contributed by atoms with E-state index < -0.39 is 16.9 Å². The molecule has 2 rings (SSSR count). The minimum absolute atomic E-state index is 0.270. The third-order valence-electron chi connectivity index (χ3n) is 1.76. The number of hydrogen-bond acceptors (Lipinski definition) is 4. The standard InChI is InChI=1S/C7H6N2O2.C4H4N2O2/c1-2-3-5-4-8-7(11)9-6(5)10;7-3-1-2-5-4(8)6-3/h4H,1H3,(H2,8,9,10,11);1-2H,(H2,5,6,7,8). The smallest absolute Gasteiger partial charge is 0.314 e. The van der Waals surface area contributed by atoms with Gasteiger partial charge in [0.1, 0.15) is 5.56 Å². The highest BCUT2D eigenvalue weighted by atomic mass is 16.2. The van der Waals surface area contributed by atoms with Gasteiger partial charge in [0, 0.05) is 18.5 Å². The van der Waals surface area contributed by atoms with E-state index in [9.17, 15) is 19.2 Å². The molecule has 0 spiro atoms. The number of aromatic nitrogens is 4. The van der Waals surface area contributed by atoms with Crippen molar-refractivity contribution in [1.29, 1.82) is 0 Å². The van der Waals surface area contributed by atoms with Crippen LogP contribution in [0.5, 0.6) is 0 Å². The lowest BCUT2D eigenvalue weighted by atomic mass is 10.3. The summed E-state index contributed by atoms with van der Waals surface area (Å²) in [4.78, 5) is 50.4. The van der Waals surface area contributed by atoms with E-state index in [1.54, 1.807) is 6.92 Å². The quantitative estimate of drug-likeness (QED) is 0.430. The van der Waals surface area contributed by atoms with Gasteiger partial charge in [-0.05, 0) is 6.92 Å². The van der Waals surface area contributed by atoms with E-state index in [2.05, 4.69) is 26.8 Å². The van der Waals surface area contributed by atoms with Crippen LogP contribution in [0.4, 0.5) is 0 Å². The van der Waals surface area contributed by atoms with Gasteiger partial charge < -0.3 is 9.97 Å². The first kappa shape index (κ1) is 14.0. The molecule has 2 aromatic rings. The Labute approximate surface area is 105 Å². The molecule has 0 fully saturated rings. The van der Waals surface area contributed by atoms with Crippen molar-refractivity contribution in [2.75, 3.05) is 0 Å². The summed E-state index contributed by atoms with van der Waals surface area (Å²) < 4.78 is 0. The van der Waals surface area contributed by atoms with Crippen molar-refractivity contribution in [2.24, 2.45) is 0 Å². The van der Waals surface area contributed by atoms with Crippen LogP contribution in [-0.2, 0) is 0 Å². The third-order valence-corrected chi connectivity index (χ3v) is 1.76. The fraction of sp³-hybridized carbons (Fsp3) is 0.0909. The first-order valence-corrected chi connectivity index (χ1v) is 5.05. The average Bonchev–Trinajstić information content (AvgIpc) is 2.33. The highest BCUT2D eigenvalue weighted by molar-refractivity contribution is 5.28. The topological polar surface area (TPSA) is 131 Å². The van der Waals surface area contributed by atoms with Gasteiger partial charge in [-0.15, -0.1) is 5.92 Å². The van der Waals surface area contributed by atoms with E-state index in [0.717, 1.165) is 0 Å². The molecule has 4 N–H and O–H groups in total. The molecule has 8 nitrogen and oxygen atoms in total. The zero-order chi connectivity index (χ0) is 14.3. The highest BCUT2D eigenvalue weighted by Crippen LogP contribution is 1.76. The van der Waals surface area contributed by atoms with E-state index in [4.69, 9.17) is 0 Å². The number of rotatable bonds is 0. The summed E-state index contributed by atoms with van der Waals surface area (Å²) in [6.45, 7) is 1.62. The van der Waals surface area contributed by atoms with E-state index in [1.165, 1.54) is 18.5 Å². The fourth-order valence-electron chi connectivity index (χ4n) is 1.02. The molecule has 0 bridgehead atoms. The van der Waals surface area contributed by atoms with Crippen molar-refractivity contribution in [3.05, 3.63) is 65.7 Å². The molecular weight excluding hydrogens is 252 g/mol. The molecule has 0 aliphatic rings. The number of aromatic amines is 4. The second-order valence-corrected chi connectivity index (χ2v) is 3.16. The van der Waals surface area contributed by atoms with Crippen LogP contribution in [0.2, 0.25) is 0 Å². The molecule has 0 amide bonds. The van der Waals surface area contributed by atoms with E-state index in [-0.39, 0.29) is 11.1 Å². The predicted octanol–water partition coefficient (Wildman–Crippen LogP) is -1.50. The van der Waals surface area contributed by atoms with Gasteiger partial charge in [-0.25, -0.2) is 9.59 Å². The molecule has 0 aliphatic heterocycles. The Kier molecular flexibility index (Phi) is 4.86. The molecule has 8 heteroatoms. The predicted molar refractivity (Wildman–Crippen MR) is 67.9 cm³/mol. The van der Waals surface area contributed by atoms with Crippen LogP contribution in [0, 0.1) is 11.8 Å². The summed E-state index contributed by atoms with van der Waals surface area (Å²) in [5.41, 5.74) is -1.56. The van der Waals surface area contributed by atoms with E-state index in [1.807, 2.05) is 4.98 Å². The first-order chi connectivity index (χ1) is 9.02. The van der Waals surface area contributed by atoms with Crippen molar-refractivity contribution >= 4 is 0 Å². The lowest BCUT2D eigenvalue weighted by molar-refractivity contribution is 1.03. The first-order valence-electron chi connectivity index (χ1n) is 5.05. The van der Waals surface area contributed by atoms with Gasteiger partial charge in [0.05, 0.1) is 0 Å². The minimum Gasteiger partial charge on any atom is -0.314 e. The summed E-state index contributed by atoms with van der Waals surface area (Å²) in [5.74, 6) is 5.09. The van der Waals surface area contributed by atoms with Crippen molar-refractivity contribution < 1.29 is 0 Å². The lowest BCUT2D eigenvalue weighted by Crippen LogP contribution is -2.23. The molecule has 0 atom stereocenters. The highest BCUT2D eigenvalue weighted by Gasteiger charge is 1.92. The Morgan fingerprint density at radius 2 is 1.68 bits per heavy atom. The van der Waals surface area contributed by atoms with E-state index >= 15 is 0 Å². The zero-order valence-electron chi connectivity index (χ0n) is 9.87. The van der Waals surface area contributed by atoms with Crippen molar-refractivity contribution in [2.45, 2.75) is 6.92 Å². The Bertz CT molecular complexity index is 803. The van der Waals surface area contributed by atoms with Crippen molar-refractivity contribution in [1.82, 2.24) is 19.9 Å². The van der Waals surface area contributed by atoms with Crippen LogP contribution in [0.15, 0.2) is 37.6 Å². The van der Waals surface area contributed by atoms with Gasteiger partial charge in [-0.2, -0.15) is 0 Å². The fourth-order valence-corrected chi connectivity index (χ4v) is 1.02. The molecule has 0 radical (unpaired) electrons. The summed E-state index contributed by atoms with van der Waals surface area (Å²) in [5, 5.41) is 0. The molecule has 0 aliphatic carbocycles. The van der Waals surface area contributed by atoms with E-state index in [0.29, 0.717) is 0 Å². The van der Waals surface area contributed by atoms with Gasteiger partial charge in [0.2, 0.25) is 0 Å². The Balaban J connectivity index is 0.000000200. The number of nitrogens with one attached hydrogen (secondary N) is 4. The van der Waals surface area contributed by atoms with Gasteiger partial charge in [0.25, 0.3) is 11.1 Å². The average molecular weight is 262 g/mol. The summed E-state index contributed by atoms with van der Waals surface area (Å²) in [6.07, 6.45) is 2.58.